The summed E-state index contributed by atoms with van der Waals surface area (Å²) in [6.07, 6.45) is 6.67. The Morgan fingerprint density at radius 3 is 2.66 bits per heavy atom. The number of carbonyl (C=O) groups excluding carboxylic acids is 2. The van der Waals surface area contributed by atoms with Gasteiger partial charge in [0, 0.05) is 62.7 Å². The Morgan fingerprint density at radius 1 is 1.26 bits per heavy atom. The molecule has 2 aromatic heterocycles. The normalized spacial score (nSPS) is 15.4. The minimum absolute atomic E-state index is 0.0168. The molecule has 1 aliphatic heterocycles. The number of aromatic amines is 1. The van der Waals surface area contributed by atoms with Crippen molar-refractivity contribution < 1.29 is 14.7 Å². The average Bonchev–Trinajstić information content (AvgIpc) is 3.50. The molecule has 204 valence electrons. The first kappa shape index (κ1) is 27.4. The molecule has 4 rings (SSSR count). The molecule has 1 aliphatic rings. The Bertz CT molecular complexity index is 1310. The van der Waals surface area contributed by atoms with E-state index in [2.05, 4.69) is 34.1 Å². The predicted octanol–water partition coefficient (Wildman–Crippen LogP) is 3.85. The summed E-state index contributed by atoms with van der Waals surface area (Å²) in [5.41, 5.74) is 3.19. The molecule has 10 nitrogen and oxygen atoms in total. The lowest BCUT2D eigenvalue weighted by atomic mass is 10.0. The van der Waals surface area contributed by atoms with E-state index >= 15 is 0 Å². The minimum Gasteiger partial charge on any atom is -0.494 e. The molecule has 2 amide bonds. The summed E-state index contributed by atoms with van der Waals surface area (Å²) >= 11 is 0. The lowest BCUT2D eigenvalue weighted by Gasteiger charge is -2.34. The number of hydrogen-bond donors (Lipinski definition) is 3. The van der Waals surface area contributed by atoms with Gasteiger partial charge in [0.15, 0.2) is 5.88 Å². The van der Waals surface area contributed by atoms with Crippen LogP contribution in [-0.4, -0.2) is 87.0 Å². The highest BCUT2D eigenvalue weighted by Crippen LogP contribution is 2.31. The molecule has 0 radical (unpaired) electrons. The number of aliphatic imine (C=N–C) groups is 1. The second-order valence-electron chi connectivity index (χ2n) is 10.4. The molecule has 0 saturated carbocycles. The number of fused-ring (bicyclic) bond motifs is 1. The summed E-state index contributed by atoms with van der Waals surface area (Å²) in [7, 11) is 3.37. The van der Waals surface area contributed by atoms with E-state index in [0.29, 0.717) is 46.2 Å². The fourth-order valence-electron chi connectivity index (χ4n) is 4.94. The van der Waals surface area contributed by atoms with Crippen LogP contribution in [0.3, 0.4) is 0 Å². The van der Waals surface area contributed by atoms with Gasteiger partial charge >= 0.3 is 0 Å². The Balaban J connectivity index is 1.53. The van der Waals surface area contributed by atoms with E-state index in [9.17, 15) is 14.7 Å². The number of nitrogens with zero attached hydrogens (tertiary/aromatic N) is 5. The average molecular weight is 522 g/mol. The molecule has 1 saturated heterocycles. The number of hydrogen-bond acceptors (Lipinski definition) is 6. The van der Waals surface area contributed by atoms with Crippen molar-refractivity contribution in [3.63, 3.8) is 0 Å². The summed E-state index contributed by atoms with van der Waals surface area (Å²) in [5, 5.41) is 18.9. The van der Waals surface area contributed by atoms with Gasteiger partial charge in [-0.15, -0.1) is 0 Å². The lowest BCUT2D eigenvalue weighted by molar-refractivity contribution is -0.128. The van der Waals surface area contributed by atoms with E-state index in [1.807, 2.05) is 17.8 Å². The van der Waals surface area contributed by atoms with Gasteiger partial charge in [-0.25, -0.2) is 4.99 Å². The molecule has 0 aliphatic carbocycles. The Hall–Kier alpha value is -3.66. The number of likely N-dealkylation sites (tertiary alicyclic amines) is 1. The zero-order chi connectivity index (χ0) is 27.4. The van der Waals surface area contributed by atoms with E-state index in [1.54, 1.807) is 38.5 Å². The topological polar surface area (TPSA) is 119 Å². The smallest absolute Gasteiger partial charge is 0.251 e. The number of benzene rings is 1. The van der Waals surface area contributed by atoms with Gasteiger partial charge < -0.3 is 25.2 Å². The van der Waals surface area contributed by atoms with Gasteiger partial charge in [0.25, 0.3) is 5.91 Å². The standard InChI is InChI=1S/C28H39N7O3/c1-6-23(31-20-16-30-35(17-20)21-10-13-34(14-11-21)18(2)3)26-22-15-19(7-8-24(22)32-28(26)38)27(37)29-12-9-25(36)33(4)5/h7-8,15-18,21,32,38H,6,9-14H2,1-5H3,(H,29,37). The first-order valence-corrected chi connectivity index (χ1v) is 13.4. The van der Waals surface area contributed by atoms with Crippen molar-refractivity contribution in [2.24, 2.45) is 4.99 Å². The molecular weight excluding hydrogens is 482 g/mol. The van der Waals surface area contributed by atoms with Crippen LogP contribution in [-0.2, 0) is 4.79 Å². The molecule has 3 N–H and O–H groups in total. The molecular formula is C28H39N7O3. The number of H-pyrrole nitrogens is 1. The predicted molar refractivity (Wildman–Crippen MR) is 149 cm³/mol. The fraction of sp³-hybridized carbons (Fsp3) is 0.500. The van der Waals surface area contributed by atoms with Gasteiger partial charge in [-0.1, -0.05) is 6.92 Å². The maximum atomic E-state index is 12.7. The molecule has 1 aromatic carbocycles. The molecule has 0 spiro atoms. The first-order valence-electron chi connectivity index (χ1n) is 13.4. The van der Waals surface area contributed by atoms with Crippen LogP contribution >= 0.6 is 0 Å². The van der Waals surface area contributed by atoms with Crippen LogP contribution in [0.4, 0.5) is 5.69 Å². The summed E-state index contributed by atoms with van der Waals surface area (Å²) in [4.78, 5) is 36.4. The maximum absolute atomic E-state index is 12.7. The number of rotatable bonds is 9. The van der Waals surface area contributed by atoms with Gasteiger partial charge in [-0.2, -0.15) is 5.10 Å². The third kappa shape index (κ3) is 6.07. The van der Waals surface area contributed by atoms with E-state index in [-0.39, 0.29) is 30.7 Å². The van der Waals surface area contributed by atoms with E-state index in [0.717, 1.165) is 31.6 Å². The van der Waals surface area contributed by atoms with Crippen molar-refractivity contribution in [2.45, 2.75) is 58.5 Å². The van der Waals surface area contributed by atoms with Gasteiger partial charge in [0.1, 0.15) is 5.69 Å². The molecule has 0 unspecified atom stereocenters. The third-order valence-corrected chi connectivity index (χ3v) is 7.24. The van der Waals surface area contributed by atoms with Crippen LogP contribution in [0.5, 0.6) is 5.88 Å². The van der Waals surface area contributed by atoms with E-state index in [4.69, 9.17) is 4.99 Å². The molecule has 3 heterocycles. The van der Waals surface area contributed by atoms with Crippen molar-refractivity contribution >= 4 is 34.1 Å². The molecule has 1 fully saturated rings. The van der Waals surface area contributed by atoms with Crippen molar-refractivity contribution in [2.75, 3.05) is 33.7 Å². The Kier molecular flexibility index (Phi) is 8.51. The Labute approximate surface area is 223 Å². The van der Waals surface area contributed by atoms with Crippen LogP contribution in [0, 0.1) is 0 Å². The second kappa shape index (κ2) is 11.8. The Morgan fingerprint density at radius 2 is 2.00 bits per heavy atom. The number of amides is 2. The van der Waals surface area contributed by atoms with Gasteiger partial charge in [0.05, 0.1) is 29.7 Å². The summed E-state index contributed by atoms with van der Waals surface area (Å²) < 4.78 is 2.02. The van der Waals surface area contributed by atoms with Crippen molar-refractivity contribution in [1.29, 1.82) is 0 Å². The molecule has 10 heteroatoms. The van der Waals surface area contributed by atoms with Gasteiger partial charge in [-0.3, -0.25) is 14.3 Å². The van der Waals surface area contributed by atoms with Crippen molar-refractivity contribution in [1.82, 2.24) is 29.9 Å². The van der Waals surface area contributed by atoms with Crippen LogP contribution in [0.25, 0.3) is 10.9 Å². The molecule has 0 bridgehead atoms. The van der Waals surface area contributed by atoms with Crippen LogP contribution < -0.4 is 5.32 Å². The molecule has 3 aromatic rings. The molecule has 0 atom stereocenters. The monoisotopic (exact) mass is 521 g/mol. The van der Waals surface area contributed by atoms with Crippen LogP contribution in [0.1, 0.15) is 68.4 Å². The van der Waals surface area contributed by atoms with E-state index < -0.39 is 0 Å². The number of carbonyl (C=O) groups is 2. The number of aromatic nitrogens is 3. The summed E-state index contributed by atoms with van der Waals surface area (Å²) in [6.45, 7) is 8.83. The van der Waals surface area contributed by atoms with Crippen molar-refractivity contribution in [3.05, 3.63) is 41.7 Å². The minimum atomic E-state index is -0.273. The quantitative estimate of drug-likeness (QED) is 0.370. The van der Waals surface area contributed by atoms with Crippen LogP contribution in [0.2, 0.25) is 0 Å². The highest BCUT2D eigenvalue weighted by Gasteiger charge is 2.23. The summed E-state index contributed by atoms with van der Waals surface area (Å²) in [6, 6.07) is 6.13. The third-order valence-electron chi connectivity index (χ3n) is 7.24. The fourth-order valence-corrected chi connectivity index (χ4v) is 4.94. The zero-order valence-corrected chi connectivity index (χ0v) is 23.0. The maximum Gasteiger partial charge on any atom is 0.251 e. The SMILES string of the molecule is CCC(=Nc1cnn(C2CCN(C(C)C)CC2)c1)c1c(O)[nH]c2ccc(C(=O)NCCC(=O)N(C)C)cc12. The number of piperidine rings is 1. The first-order chi connectivity index (χ1) is 18.2. The number of aromatic hydroxyl groups is 1. The van der Waals surface area contributed by atoms with Gasteiger partial charge in [0.2, 0.25) is 5.91 Å². The van der Waals surface area contributed by atoms with Crippen molar-refractivity contribution in [3.8, 4) is 5.88 Å². The van der Waals surface area contributed by atoms with Crippen LogP contribution in [0.15, 0.2) is 35.6 Å². The van der Waals surface area contributed by atoms with Gasteiger partial charge in [-0.05, 0) is 51.3 Å². The largest absolute Gasteiger partial charge is 0.494 e. The highest BCUT2D eigenvalue weighted by atomic mass is 16.3. The lowest BCUT2D eigenvalue weighted by Crippen LogP contribution is -2.39. The highest BCUT2D eigenvalue weighted by molar-refractivity contribution is 6.14. The molecule has 38 heavy (non-hydrogen) atoms. The second-order valence-corrected chi connectivity index (χ2v) is 10.4. The zero-order valence-electron chi connectivity index (χ0n) is 23.0. The number of nitrogens with one attached hydrogen (secondary N) is 2. The van der Waals surface area contributed by atoms with E-state index in [1.165, 1.54) is 4.90 Å². The summed E-state index contributed by atoms with van der Waals surface area (Å²) in [5.74, 6) is -0.306.